The molecule has 2 aliphatic heterocycles. The second-order valence-electron chi connectivity index (χ2n) is 7.12. The number of likely N-dealkylation sites (tertiary alicyclic amines) is 1. The summed E-state index contributed by atoms with van der Waals surface area (Å²) >= 11 is 0. The summed E-state index contributed by atoms with van der Waals surface area (Å²) in [7, 11) is 1.78. The summed E-state index contributed by atoms with van der Waals surface area (Å²) in [6.07, 6.45) is 4.38. The Kier molecular flexibility index (Phi) is 7.33. The minimum absolute atomic E-state index is 0. The van der Waals surface area contributed by atoms with Gasteiger partial charge in [-0.1, -0.05) is 0 Å². The summed E-state index contributed by atoms with van der Waals surface area (Å²) in [5.41, 5.74) is 0. The Labute approximate surface area is 167 Å². The quantitative estimate of drug-likeness (QED) is 0.381. The van der Waals surface area contributed by atoms with Gasteiger partial charge in [-0.15, -0.1) is 24.0 Å². The number of guanidine groups is 1. The molecule has 25 heavy (non-hydrogen) atoms. The molecule has 2 heterocycles. The molecule has 0 atom stereocenters. The van der Waals surface area contributed by atoms with Crippen LogP contribution in [0.2, 0.25) is 0 Å². The van der Waals surface area contributed by atoms with Crippen molar-refractivity contribution in [2.45, 2.75) is 38.6 Å². The molecule has 2 amide bonds. The van der Waals surface area contributed by atoms with Gasteiger partial charge >= 0.3 is 0 Å². The molecule has 0 unspecified atom stereocenters. The van der Waals surface area contributed by atoms with Crippen molar-refractivity contribution in [1.29, 1.82) is 0 Å². The van der Waals surface area contributed by atoms with E-state index in [0.717, 1.165) is 64.4 Å². The average molecular weight is 463 g/mol. The number of nitrogens with zero attached hydrogens (tertiary/aromatic N) is 4. The third-order valence-corrected chi connectivity index (χ3v) is 5.36. The normalized spacial score (nSPS) is 22.7. The van der Waals surface area contributed by atoms with Crippen LogP contribution in [-0.4, -0.2) is 84.8 Å². The van der Waals surface area contributed by atoms with Gasteiger partial charge in [0, 0.05) is 52.7 Å². The number of aliphatic imine (C=N–C) groups is 1. The third kappa shape index (κ3) is 5.21. The van der Waals surface area contributed by atoms with Crippen LogP contribution in [0.4, 0.5) is 0 Å². The lowest BCUT2D eigenvalue weighted by molar-refractivity contribution is -0.135. The van der Waals surface area contributed by atoms with Crippen LogP contribution in [0, 0.1) is 5.92 Å². The average Bonchev–Trinajstić information content (AvgIpc) is 3.41. The Morgan fingerprint density at radius 2 is 1.80 bits per heavy atom. The molecule has 2 saturated heterocycles. The zero-order valence-electron chi connectivity index (χ0n) is 15.2. The summed E-state index contributed by atoms with van der Waals surface area (Å²) in [6, 6.07) is 0.501. The SMILES string of the molecule is CN=C(NCC1CCN(C(C)=O)CC1)N1CCN(C2CC2)C(=O)C1.I. The Morgan fingerprint density at radius 3 is 2.32 bits per heavy atom. The maximum absolute atomic E-state index is 12.3. The van der Waals surface area contributed by atoms with Crippen molar-refractivity contribution < 1.29 is 9.59 Å². The van der Waals surface area contributed by atoms with Crippen LogP contribution in [0.5, 0.6) is 0 Å². The highest BCUT2D eigenvalue weighted by molar-refractivity contribution is 14.0. The molecule has 1 aliphatic carbocycles. The van der Waals surface area contributed by atoms with E-state index in [0.29, 0.717) is 18.5 Å². The zero-order valence-corrected chi connectivity index (χ0v) is 17.6. The van der Waals surface area contributed by atoms with Crippen LogP contribution >= 0.6 is 24.0 Å². The van der Waals surface area contributed by atoms with Crippen LogP contribution in [-0.2, 0) is 9.59 Å². The topological polar surface area (TPSA) is 68.2 Å². The van der Waals surface area contributed by atoms with Crippen molar-refractivity contribution in [1.82, 2.24) is 20.0 Å². The maximum Gasteiger partial charge on any atom is 0.242 e. The summed E-state index contributed by atoms with van der Waals surface area (Å²) in [5.74, 6) is 1.78. The number of hydrogen-bond acceptors (Lipinski definition) is 3. The molecule has 7 nitrogen and oxygen atoms in total. The van der Waals surface area contributed by atoms with E-state index < -0.39 is 0 Å². The van der Waals surface area contributed by atoms with E-state index in [-0.39, 0.29) is 35.8 Å². The van der Waals surface area contributed by atoms with Crippen LogP contribution < -0.4 is 5.32 Å². The highest BCUT2D eigenvalue weighted by Crippen LogP contribution is 2.28. The van der Waals surface area contributed by atoms with Crippen molar-refractivity contribution >= 4 is 41.8 Å². The Hall–Kier alpha value is -1.06. The number of halogens is 1. The molecular formula is C17H30IN5O2. The van der Waals surface area contributed by atoms with Crippen molar-refractivity contribution in [3.05, 3.63) is 0 Å². The van der Waals surface area contributed by atoms with Crippen molar-refractivity contribution in [3.63, 3.8) is 0 Å². The first kappa shape index (κ1) is 20.3. The summed E-state index contributed by atoms with van der Waals surface area (Å²) in [5, 5.41) is 3.43. The molecular weight excluding hydrogens is 433 g/mol. The van der Waals surface area contributed by atoms with E-state index in [9.17, 15) is 9.59 Å². The van der Waals surface area contributed by atoms with Gasteiger partial charge < -0.3 is 20.0 Å². The fourth-order valence-corrected chi connectivity index (χ4v) is 3.66. The van der Waals surface area contributed by atoms with Gasteiger partial charge in [-0.2, -0.15) is 0 Å². The van der Waals surface area contributed by atoms with Gasteiger partial charge in [-0.25, -0.2) is 0 Å². The predicted molar refractivity (Wildman–Crippen MR) is 108 cm³/mol. The lowest BCUT2D eigenvalue weighted by Gasteiger charge is -2.37. The number of carbonyl (C=O) groups excluding carboxylic acids is 2. The Balaban J connectivity index is 0.00000225. The first-order valence-corrected chi connectivity index (χ1v) is 9.09. The van der Waals surface area contributed by atoms with Gasteiger partial charge in [0.2, 0.25) is 11.8 Å². The molecule has 8 heteroatoms. The first-order chi connectivity index (χ1) is 11.6. The molecule has 0 aromatic rings. The second kappa shape index (κ2) is 9.05. The molecule has 3 rings (SSSR count). The van der Waals surface area contributed by atoms with Crippen molar-refractivity contribution in [3.8, 4) is 0 Å². The summed E-state index contributed by atoms with van der Waals surface area (Å²) in [6.45, 7) is 6.27. The highest BCUT2D eigenvalue weighted by Gasteiger charge is 2.36. The summed E-state index contributed by atoms with van der Waals surface area (Å²) in [4.78, 5) is 34.0. The van der Waals surface area contributed by atoms with E-state index in [1.54, 1.807) is 14.0 Å². The monoisotopic (exact) mass is 463 g/mol. The minimum atomic E-state index is 0. The van der Waals surface area contributed by atoms with Crippen molar-refractivity contribution in [2.75, 3.05) is 46.3 Å². The number of rotatable bonds is 3. The maximum atomic E-state index is 12.3. The predicted octanol–water partition coefficient (Wildman–Crippen LogP) is 0.745. The fourth-order valence-electron chi connectivity index (χ4n) is 3.66. The van der Waals surface area contributed by atoms with Crippen LogP contribution in [0.15, 0.2) is 4.99 Å². The lowest BCUT2D eigenvalue weighted by Crippen LogP contribution is -2.56. The van der Waals surface area contributed by atoms with Gasteiger partial charge in [-0.05, 0) is 31.6 Å². The van der Waals surface area contributed by atoms with E-state index in [2.05, 4.69) is 15.2 Å². The smallest absolute Gasteiger partial charge is 0.242 e. The number of carbonyl (C=O) groups is 2. The molecule has 0 radical (unpaired) electrons. The number of piperidine rings is 1. The number of nitrogens with one attached hydrogen (secondary N) is 1. The molecule has 142 valence electrons. The fraction of sp³-hybridized carbons (Fsp3) is 0.824. The lowest BCUT2D eigenvalue weighted by atomic mass is 9.97. The molecule has 3 fully saturated rings. The van der Waals surface area contributed by atoms with E-state index >= 15 is 0 Å². The molecule has 3 aliphatic rings. The molecule has 1 saturated carbocycles. The minimum Gasteiger partial charge on any atom is -0.356 e. The van der Waals surface area contributed by atoms with Crippen LogP contribution in [0.1, 0.15) is 32.6 Å². The number of amides is 2. The zero-order chi connectivity index (χ0) is 17.1. The van der Waals surface area contributed by atoms with Gasteiger partial charge in [-0.3, -0.25) is 14.6 Å². The van der Waals surface area contributed by atoms with Gasteiger partial charge in [0.15, 0.2) is 5.96 Å². The van der Waals surface area contributed by atoms with E-state index in [4.69, 9.17) is 0 Å². The first-order valence-electron chi connectivity index (χ1n) is 9.09. The standard InChI is InChI=1S/C17H29N5O2.HI/c1-13(23)20-7-5-14(6-8-20)11-19-17(18-2)21-9-10-22(15-3-4-15)16(24)12-21;/h14-15H,3-12H2,1-2H3,(H,18,19);1H. The molecule has 1 N–H and O–H groups in total. The highest BCUT2D eigenvalue weighted by atomic mass is 127. The molecule has 0 spiro atoms. The Morgan fingerprint density at radius 1 is 1.12 bits per heavy atom. The van der Waals surface area contributed by atoms with E-state index in [1.807, 2.05) is 9.80 Å². The second-order valence-corrected chi connectivity index (χ2v) is 7.12. The third-order valence-electron chi connectivity index (χ3n) is 5.36. The number of hydrogen-bond donors (Lipinski definition) is 1. The van der Waals surface area contributed by atoms with Crippen LogP contribution in [0.25, 0.3) is 0 Å². The molecule has 0 aromatic heterocycles. The van der Waals surface area contributed by atoms with Crippen molar-refractivity contribution in [2.24, 2.45) is 10.9 Å². The van der Waals surface area contributed by atoms with Crippen LogP contribution in [0.3, 0.4) is 0 Å². The van der Waals surface area contributed by atoms with E-state index in [1.165, 1.54) is 0 Å². The Bertz CT molecular complexity index is 515. The van der Waals surface area contributed by atoms with Gasteiger partial charge in [0.1, 0.15) is 0 Å². The largest absolute Gasteiger partial charge is 0.356 e. The molecule has 0 bridgehead atoms. The number of piperazine rings is 1. The molecule has 0 aromatic carbocycles. The summed E-state index contributed by atoms with van der Waals surface area (Å²) < 4.78 is 0. The van der Waals surface area contributed by atoms with Gasteiger partial charge in [0.05, 0.1) is 6.54 Å². The van der Waals surface area contributed by atoms with Gasteiger partial charge in [0.25, 0.3) is 0 Å².